The number of hydrogen-bond acceptors (Lipinski definition) is 7. The quantitative estimate of drug-likeness (QED) is 0.503. The number of sulfone groups is 2. The lowest BCUT2D eigenvalue weighted by Gasteiger charge is -2.50. The van der Waals surface area contributed by atoms with Gasteiger partial charge in [-0.15, -0.1) is 0 Å². The second-order valence-electron chi connectivity index (χ2n) is 9.88. The molecule has 2 fully saturated rings. The van der Waals surface area contributed by atoms with Crippen molar-refractivity contribution < 1.29 is 39.9 Å². The number of rotatable bonds is 8. The topological polar surface area (TPSA) is 116 Å². The Balaban J connectivity index is 1.52. The molecule has 1 amide bonds. The molecule has 0 spiro atoms. The number of carbonyl (C=O) groups excluding carboxylic acids is 1. The highest BCUT2D eigenvalue weighted by Crippen LogP contribution is 2.55. The smallest absolute Gasteiger partial charge is 0.235 e. The van der Waals surface area contributed by atoms with E-state index in [1.54, 1.807) is 0 Å². The van der Waals surface area contributed by atoms with E-state index >= 15 is 4.39 Å². The number of fused-ring (bicyclic) bond motifs is 3. The first-order valence-corrected chi connectivity index (χ1v) is 15.9. The highest BCUT2D eigenvalue weighted by molar-refractivity contribution is 7.92. The Morgan fingerprint density at radius 2 is 1.74 bits per heavy atom. The summed E-state index contributed by atoms with van der Waals surface area (Å²) in [7, 11) is -8.26. The Labute approximate surface area is 224 Å². The molecule has 2 heterocycles. The van der Waals surface area contributed by atoms with Gasteiger partial charge in [-0.3, -0.25) is 4.79 Å². The van der Waals surface area contributed by atoms with Crippen molar-refractivity contribution in [3.8, 4) is 5.75 Å². The molecule has 2 aromatic carbocycles. The van der Waals surface area contributed by atoms with Gasteiger partial charge in [0.2, 0.25) is 5.91 Å². The zero-order chi connectivity index (χ0) is 27.3. The lowest BCUT2D eigenvalue weighted by molar-refractivity contribution is -0.118. The molecule has 5 rings (SSSR count). The fourth-order valence-corrected chi connectivity index (χ4v) is 9.09. The van der Waals surface area contributed by atoms with Gasteiger partial charge in [-0.25, -0.2) is 25.6 Å². The van der Waals surface area contributed by atoms with Crippen LogP contribution in [0.2, 0.25) is 5.02 Å². The molecule has 0 aromatic heterocycles. The Morgan fingerprint density at radius 3 is 2.42 bits per heavy atom. The number of hydrogen-bond donors (Lipinski definition) is 1. The molecular weight excluding hydrogens is 564 g/mol. The third kappa shape index (κ3) is 4.91. The lowest BCUT2D eigenvalue weighted by Crippen LogP contribution is -2.57. The normalized spacial score (nSPS) is 25.1. The zero-order valence-corrected chi connectivity index (χ0v) is 22.6. The molecule has 1 N–H and O–H groups in total. The minimum Gasteiger partial charge on any atom is -0.490 e. The minimum atomic E-state index is -4.40. The number of halogens is 3. The van der Waals surface area contributed by atoms with Crippen LogP contribution in [-0.2, 0) is 34.0 Å². The number of amides is 1. The van der Waals surface area contributed by atoms with Crippen molar-refractivity contribution in [1.82, 2.24) is 5.32 Å². The maximum absolute atomic E-state index is 15.4. The first-order chi connectivity index (χ1) is 17.9. The molecule has 1 aliphatic carbocycles. The molecule has 206 valence electrons. The number of nitrogens with one attached hydrogen (secondary N) is 1. The van der Waals surface area contributed by atoms with Crippen LogP contribution in [-0.4, -0.2) is 59.6 Å². The average molecular weight is 590 g/mol. The van der Waals surface area contributed by atoms with Crippen molar-refractivity contribution in [1.29, 1.82) is 0 Å². The largest absolute Gasteiger partial charge is 0.490 e. The summed E-state index contributed by atoms with van der Waals surface area (Å²) in [5.74, 6) is -5.15. The molecule has 8 nitrogen and oxygen atoms in total. The van der Waals surface area contributed by atoms with Gasteiger partial charge in [-0.05, 0) is 62.1 Å². The predicted octanol–water partition coefficient (Wildman–Crippen LogP) is 3.17. The monoisotopic (exact) mass is 589 g/mol. The van der Waals surface area contributed by atoms with Gasteiger partial charge in [0, 0.05) is 23.6 Å². The Hall–Kier alpha value is -2.28. The van der Waals surface area contributed by atoms with Crippen LogP contribution in [0.3, 0.4) is 0 Å². The van der Waals surface area contributed by atoms with Gasteiger partial charge in [0.25, 0.3) is 0 Å². The number of benzene rings is 2. The van der Waals surface area contributed by atoms with Crippen LogP contribution in [0, 0.1) is 17.6 Å². The van der Waals surface area contributed by atoms with Crippen LogP contribution >= 0.6 is 11.6 Å². The maximum Gasteiger partial charge on any atom is 0.235 e. The summed E-state index contributed by atoms with van der Waals surface area (Å²) >= 11 is 5.95. The van der Waals surface area contributed by atoms with Gasteiger partial charge in [-0.1, -0.05) is 11.6 Å². The van der Waals surface area contributed by atoms with Crippen LogP contribution in [0.25, 0.3) is 0 Å². The van der Waals surface area contributed by atoms with Crippen LogP contribution in [0.4, 0.5) is 8.78 Å². The van der Waals surface area contributed by atoms with Crippen LogP contribution in [0.15, 0.2) is 41.3 Å². The average Bonchev–Trinajstić information content (AvgIpc) is 3.68. The highest BCUT2D eigenvalue weighted by atomic mass is 35.5. The van der Waals surface area contributed by atoms with Gasteiger partial charge in [0.1, 0.15) is 16.3 Å². The van der Waals surface area contributed by atoms with Gasteiger partial charge in [0.15, 0.2) is 31.2 Å². The molecule has 0 radical (unpaired) electrons. The van der Waals surface area contributed by atoms with E-state index in [4.69, 9.17) is 21.1 Å². The number of ether oxygens (including phenoxy) is 2. The van der Waals surface area contributed by atoms with E-state index in [9.17, 15) is 26.0 Å². The van der Waals surface area contributed by atoms with E-state index in [-0.39, 0.29) is 37.0 Å². The summed E-state index contributed by atoms with van der Waals surface area (Å²) in [4.78, 5) is 11.9. The van der Waals surface area contributed by atoms with E-state index in [0.29, 0.717) is 5.02 Å². The van der Waals surface area contributed by atoms with Crippen molar-refractivity contribution in [2.75, 3.05) is 24.7 Å². The molecule has 1 saturated carbocycles. The summed E-state index contributed by atoms with van der Waals surface area (Å²) < 4.78 is 93.5. The fraction of sp³-hybridized carbons (Fsp3) is 0.480. The van der Waals surface area contributed by atoms with Crippen molar-refractivity contribution in [3.63, 3.8) is 0 Å². The Bertz CT molecular complexity index is 1460. The molecule has 2 aromatic rings. The first kappa shape index (κ1) is 27.3. The van der Waals surface area contributed by atoms with Gasteiger partial charge in [-0.2, -0.15) is 0 Å². The van der Waals surface area contributed by atoms with Gasteiger partial charge in [0.05, 0.1) is 28.9 Å². The van der Waals surface area contributed by atoms with E-state index in [1.807, 2.05) is 0 Å². The van der Waals surface area contributed by atoms with Crippen LogP contribution in [0.5, 0.6) is 5.75 Å². The van der Waals surface area contributed by atoms with Crippen molar-refractivity contribution >= 4 is 37.2 Å². The van der Waals surface area contributed by atoms with Gasteiger partial charge >= 0.3 is 0 Å². The summed E-state index contributed by atoms with van der Waals surface area (Å²) in [6.45, 7) is -0.487. The summed E-state index contributed by atoms with van der Waals surface area (Å²) in [6.07, 6.45) is 0.282. The fourth-order valence-electron chi connectivity index (χ4n) is 5.40. The van der Waals surface area contributed by atoms with Crippen LogP contribution in [0.1, 0.15) is 31.2 Å². The van der Waals surface area contributed by atoms with E-state index in [1.165, 1.54) is 24.3 Å². The molecule has 1 unspecified atom stereocenters. The van der Waals surface area contributed by atoms with Crippen molar-refractivity contribution in [3.05, 3.63) is 58.6 Å². The summed E-state index contributed by atoms with van der Waals surface area (Å²) in [5.41, 5.74) is -0.427. The molecule has 0 bridgehead atoms. The standard InChI is InChI=1S/C25H26ClF2NO7S2/c26-15-1-5-17(6-2-15)38(33,34)25-10-11-35-21(9-12-37(31,32)14-22(30)29-16-3-4-16)18(25)13-36-24-20(28)8-7-19(27)23(24)25/h1-2,5-8,16,18,21H,3-4,9-14H2,(H,29,30)/t18?,21-,25-/m0/s1. The van der Waals surface area contributed by atoms with E-state index in [0.717, 1.165) is 25.0 Å². The first-order valence-electron chi connectivity index (χ1n) is 12.2. The minimum absolute atomic E-state index is 0.00724. The SMILES string of the molecule is O=C(CS(=O)(=O)CC[C@@H]1OCC[C@@]2(S(=O)(=O)c3ccc(Cl)cc3)c3c(F)ccc(F)c3OCC12)NC1CC1. The molecule has 2 aliphatic heterocycles. The predicted molar refractivity (Wildman–Crippen MR) is 134 cm³/mol. The summed E-state index contributed by atoms with van der Waals surface area (Å²) in [6, 6.07) is 7.09. The maximum atomic E-state index is 15.4. The zero-order valence-electron chi connectivity index (χ0n) is 20.2. The number of carbonyl (C=O) groups is 1. The summed E-state index contributed by atoms with van der Waals surface area (Å²) in [5, 5.41) is 2.92. The lowest BCUT2D eigenvalue weighted by atomic mass is 9.75. The van der Waals surface area contributed by atoms with Crippen molar-refractivity contribution in [2.24, 2.45) is 5.92 Å². The third-order valence-electron chi connectivity index (χ3n) is 7.35. The third-order valence-corrected chi connectivity index (χ3v) is 11.7. The van der Waals surface area contributed by atoms with Crippen molar-refractivity contribution in [2.45, 2.75) is 47.5 Å². The molecule has 1 saturated heterocycles. The van der Waals surface area contributed by atoms with Gasteiger partial charge < -0.3 is 14.8 Å². The van der Waals surface area contributed by atoms with Crippen LogP contribution < -0.4 is 10.1 Å². The molecular formula is C25H26ClF2NO7S2. The molecule has 13 heteroatoms. The second-order valence-corrected chi connectivity index (χ2v) is 14.7. The molecule has 38 heavy (non-hydrogen) atoms. The van der Waals surface area contributed by atoms with E-state index < -0.39 is 76.8 Å². The Morgan fingerprint density at radius 1 is 1.05 bits per heavy atom. The Kier molecular flexibility index (Phi) is 7.21. The van der Waals surface area contributed by atoms with E-state index in [2.05, 4.69) is 5.32 Å². The molecule has 3 atom stereocenters. The molecule has 3 aliphatic rings. The second kappa shape index (κ2) is 10.0. The highest BCUT2D eigenvalue weighted by Gasteiger charge is 2.61.